The lowest BCUT2D eigenvalue weighted by molar-refractivity contribution is -0.272. The van der Waals surface area contributed by atoms with Gasteiger partial charge < -0.3 is 19.7 Å². The summed E-state index contributed by atoms with van der Waals surface area (Å²) in [5, 5.41) is 20.7. The Balaban J connectivity index is 1.28. The fraction of sp³-hybridized carbons (Fsp3) is 0.926. The quantitative estimate of drug-likeness (QED) is 0.548. The molecule has 12 atom stereocenters. The van der Waals surface area contributed by atoms with E-state index in [4.69, 9.17) is 9.47 Å². The minimum Gasteiger partial charge on any atom is -0.390 e. The van der Waals surface area contributed by atoms with Crippen LogP contribution in [0.15, 0.2) is 11.6 Å². The van der Waals surface area contributed by atoms with Gasteiger partial charge in [-0.2, -0.15) is 0 Å². The molecule has 0 bridgehead atoms. The molecule has 0 radical (unpaired) electrons. The average Bonchev–Trinajstić information content (AvgIpc) is 3.16. The van der Waals surface area contributed by atoms with Crippen LogP contribution in [0.25, 0.3) is 0 Å². The topological polar surface area (TPSA) is 58.9 Å². The van der Waals surface area contributed by atoms with E-state index in [9.17, 15) is 10.2 Å². The largest absolute Gasteiger partial charge is 0.390 e. The van der Waals surface area contributed by atoms with Gasteiger partial charge in [0.2, 0.25) is 0 Å². The molecule has 2 N–H and O–H groups in total. The highest BCUT2D eigenvalue weighted by Crippen LogP contribution is 2.71. The molecule has 4 heteroatoms. The van der Waals surface area contributed by atoms with E-state index in [-0.39, 0.29) is 11.2 Å². The smallest absolute Gasteiger partial charge is 0.171 e. The highest BCUT2D eigenvalue weighted by molar-refractivity contribution is 5.27. The molecule has 0 aromatic carbocycles. The van der Waals surface area contributed by atoms with E-state index >= 15 is 0 Å². The number of ether oxygens (including phenoxy) is 2. The van der Waals surface area contributed by atoms with Gasteiger partial charge in [-0.25, -0.2) is 0 Å². The van der Waals surface area contributed by atoms with E-state index < -0.39 is 12.2 Å². The van der Waals surface area contributed by atoms with Crippen LogP contribution in [0.1, 0.15) is 79.1 Å². The van der Waals surface area contributed by atoms with Crippen LogP contribution in [0.3, 0.4) is 0 Å². The molecule has 31 heavy (non-hydrogen) atoms. The van der Waals surface area contributed by atoms with Gasteiger partial charge in [0.1, 0.15) is 0 Å². The Labute approximate surface area is 187 Å². The summed E-state index contributed by atoms with van der Waals surface area (Å²) >= 11 is 0. The van der Waals surface area contributed by atoms with E-state index in [2.05, 4.69) is 27.7 Å². The standard InChI is InChI=1S/C27H42O4/c1-15-7-10-27(30-14-15)16(2)24-23(31-27)12-20-18-6-5-17-11-21(28)22(29)13-26(17,4)19(18)8-9-25(20,24)3/h11,15-16,18-24,28-29H,5-10,12-14H2,1-4H3. The Morgan fingerprint density at radius 1 is 1.03 bits per heavy atom. The van der Waals surface area contributed by atoms with E-state index in [1.807, 2.05) is 6.08 Å². The van der Waals surface area contributed by atoms with Crippen molar-refractivity contribution in [2.24, 2.45) is 46.3 Å². The van der Waals surface area contributed by atoms with Crippen molar-refractivity contribution in [2.45, 2.75) is 103 Å². The monoisotopic (exact) mass is 430 g/mol. The first-order chi connectivity index (χ1) is 14.7. The van der Waals surface area contributed by atoms with Crippen molar-refractivity contribution in [3.05, 3.63) is 11.6 Å². The second-order valence-electron chi connectivity index (χ2n) is 12.8. The van der Waals surface area contributed by atoms with Crippen LogP contribution in [-0.2, 0) is 9.47 Å². The van der Waals surface area contributed by atoms with Crippen molar-refractivity contribution in [1.82, 2.24) is 0 Å². The first kappa shape index (κ1) is 21.1. The molecule has 0 aromatic rings. The zero-order chi connectivity index (χ0) is 21.8. The van der Waals surface area contributed by atoms with E-state index in [0.717, 1.165) is 25.9 Å². The minimum atomic E-state index is -0.678. The van der Waals surface area contributed by atoms with Crippen LogP contribution in [0, 0.1) is 46.3 Å². The molecule has 2 aliphatic heterocycles. The fourth-order valence-corrected chi connectivity index (χ4v) is 9.77. The molecule has 5 fully saturated rings. The number of hydrogen-bond donors (Lipinski definition) is 2. The van der Waals surface area contributed by atoms with E-state index in [1.165, 1.54) is 37.7 Å². The van der Waals surface area contributed by atoms with Gasteiger partial charge in [0, 0.05) is 12.3 Å². The Hall–Kier alpha value is -0.420. The summed E-state index contributed by atoms with van der Waals surface area (Å²) < 4.78 is 13.3. The summed E-state index contributed by atoms with van der Waals surface area (Å²) in [7, 11) is 0. The summed E-state index contributed by atoms with van der Waals surface area (Å²) in [4.78, 5) is 0. The molecule has 12 unspecified atom stereocenters. The van der Waals surface area contributed by atoms with E-state index in [1.54, 1.807) is 0 Å². The molecule has 6 rings (SSSR count). The third-order valence-corrected chi connectivity index (χ3v) is 11.4. The predicted octanol–water partition coefficient (Wildman–Crippen LogP) is 4.68. The normalized spacial score (nSPS) is 60.7. The third-order valence-electron chi connectivity index (χ3n) is 11.4. The Morgan fingerprint density at radius 3 is 2.58 bits per heavy atom. The molecule has 0 amide bonds. The highest BCUT2D eigenvalue weighted by Gasteiger charge is 2.68. The van der Waals surface area contributed by atoms with Gasteiger partial charge in [0.15, 0.2) is 5.79 Å². The van der Waals surface area contributed by atoms with Crippen molar-refractivity contribution in [3.8, 4) is 0 Å². The molecule has 6 aliphatic rings. The third kappa shape index (κ3) is 2.74. The summed E-state index contributed by atoms with van der Waals surface area (Å²) in [5.41, 5.74) is 1.81. The van der Waals surface area contributed by atoms with Crippen molar-refractivity contribution in [1.29, 1.82) is 0 Å². The number of aliphatic hydroxyl groups is 2. The number of rotatable bonds is 0. The Kier molecular flexibility index (Phi) is 4.64. The van der Waals surface area contributed by atoms with Gasteiger partial charge in [0.05, 0.1) is 24.9 Å². The van der Waals surface area contributed by atoms with Gasteiger partial charge in [-0.05, 0) is 85.4 Å². The van der Waals surface area contributed by atoms with Gasteiger partial charge in [-0.1, -0.05) is 39.3 Å². The fourth-order valence-electron chi connectivity index (χ4n) is 9.77. The van der Waals surface area contributed by atoms with Crippen LogP contribution < -0.4 is 0 Å². The van der Waals surface area contributed by atoms with Crippen LogP contribution in [0.2, 0.25) is 0 Å². The van der Waals surface area contributed by atoms with Gasteiger partial charge in [-0.3, -0.25) is 0 Å². The van der Waals surface area contributed by atoms with Gasteiger partial charge in [-0.15, -0.1) is 0 Å². The average molecular weight is 431 g/mol. The zero-order valence-electron chi connectivity index (χ0n) is 19.8. The molecule has 3 saturated carbocycles. The highest BCUT2D eigenvalue weighted by atomic mass is 16.7. The number of hydrogen-bond acceptors (Lipinski definition) is 4. The second kappa shape index (κ2) is 6.81. The first-order valence-corrected chi connectivity index (χ1v) is 13.1. The minimum absolute atomic E-state index is 0.0525. The van der Waals surface area contributed by atoms with Gasteiger partial charge >= 0.3 is 0 Å². The molecule has 2 saturated heterocycles. The molecule has 0 aromatic heterocycles. The summed E-state index contributed by atoms with van der Waals surface area (Å²) in [5.74, 6) is 3.45. The van der Waals surface area contributed by atoms with Crippen LogP contribution in [0.4, 0.5) is 0 Å². The predicted molar refractivity (Wildman–Crippen MR) is 119 cm³/mol. The first-order valence-electron chi connectivity index (χ1n) is 13.1. The van der Waals surface area contributed by atoms with Crippen molar-refractivity contribution in [3.63, 3.8) is 0 Å². The van der Waals surface area contributed by atoms with Crippen LogP contribution in [0.5, 0.6) is 0 Å². The number of allylic oxidation sites excluding steroid dienone is 1. The molecule has 2 heterocycles. The Morgan fingerprint density at radius 2 is 1.84 bits per heavy atom. The number of aliphatic hydroxyl groups excluding tert-OH is 2. The van der Waals surface area contributed by atoms with Crippen molar-refractivity contribution in [2.75, 3.05) is 6.61 Å². The van der Waals surface area contributed by atoms with Crippen LogP contribution in [-0.4, -0.2) is 40.9 Å². The lowest BCUT2D eigenvalue weighted by atomic mass is 9.46. The summed E-state index contributed by atoms with van der Waals surface area (Å²) in [6, 6.07) is 0. The molecule has 4 aliphatic carbocycles. The molecule has 1 spiro atoms. The molecule has 4 nitrogen and oxygen atoms in total. The van der Waals surface area contributed by atoms with Crippen molar-refractivity contribution >= 4 is 0 Å². The SMILES string of the molecule is CC1CCC2(OC1)OC1CC3C4CCC5=CC(O)C(O)CC5(C)C4CCC3(C)C1C2C. The molecular weight excluding hydrogens is 388 g/mol. The lowest BCUT2D eigenvalue weighted by Gasteiger charge is -2.59. The number of fused-ring (bicyclic) bond motifs is 7. The maximum Gasteiger partial charge on any atom is 0.171 e. The lowest BCUT2D eigenvalue weighted by Crippen LogP contribution is -2.54. The summed E-state index contributed by atoms with van der Waals surface area (Å²) in [6.45, 7) is 10.5. The summed E-state index contributed by atoms with van der Waals surface area (Å²) in [6.07, 6.45) is 10.1. The van der Waals surface area contributed by atoms with Crippen molar-refractivity contribution < 1.29 is 19.7 Å². The van der Waals surface area contributed by atoms with E-state index in [0.29, 0.717) is 47.0 Å². The molecular formula is C27H42O4. The van der Waals surface area contributed by atoms with Crippen LogP contribution >= 0.6 is 0 Å². The maximum absolute atomic E-state index is 10.5. The second-order valence-corrected chi connectivity index (χ2v) is 12.8. The Bertz CT molecular complexity index is 769. The van der Waals surface area contributed by atoms with Gasteiger partial charge in [0.25, 0.3) is 0 Å². The zero-order valence-corrected chi connectivity index (χ0v) is 19.8. The maximum atomic E-state index is 10.5. The molecule has 174 valence electrons.